The van der Waals surface area contributed by atoms with Gasteiger partial charge in [0.1, 0.15) is 23.0 Å². The number of benzene rings is 3. The van der Waals surface area contributed by atoms with Crippen molar-refractivity contribution in [3.05, 3.63) is 106 Å². The molecule has 34 heavy (non-hydrogen) atoms. The van der Waals surface area contributed by atoms with E-state index >= 15 is 0 Å². The van der Waals surface area contributed by atoms with Crippen LogP contribution in [-0.2, 0) is 0 Å². The number of carbonyl (C=O) groups is 1. The Morgan fingerprint density at radius 3 is 2.26 bits per heavy atom. The highest BCUT2D eigenvalue weighted by atomic mass is 35.5. The number of halogens is 1. The molecule has 7 heteroatoms. The lowest BCUT2D eigenvalue weighted by Gasteiger charge is -2.13. The normalized spacial score (nSPS) is 10.8. The number of carbonyl (C=O) groups excluding carboxylic acids is 1. The molecule has 1 aromatic heterocycles. The molecule has 3 aromatic carbocycles. The minimum Gasteiger partial charge on any atom is -0.402 e. The third-order valence-electron chi connectivity index (χ3n) is 5.11. The molecular formula is C27H19ClN4O2. The Morgan fingerprint density at radius 1 is 0.941 bits per heavy atom. The van der Waals surface area contributed by atoms with E-state index in [0.717, 1.165) is 11.1 Å². The molecule has 0 unspecified atom stereocenters. The summed E-state index contributed by atoms with van der Waals surface area (Å²) in [5.74, 6) is -0.735. The van der Waals surface area contributed by atoms with Gasteiger partial charge in [-0.15, -0.1) is 5.11 Å². The fourth-order valence-electron chi connectivity index (χ4n) is 3.24. The van der Waals surface area contributed by atoms with Gasteiger partial charge < -0.3 is 4.74 Å². The van der Waals surface area contributed by atoms with Crippen LogP contribution in [0.15, 0.2) is 89.1 Å². The minimum absolute atomic E-state index is 0.0897. The molecule has 0 bridgehead atoms. The van der Waals surface area contributed by atoms with Crippen LogP contribution in [0.4, 0.5) is 11.4 Å². The van der Waals surface area contributed by atoms with E-state index in [2.05, 4.69) is 21.3 Å². The van der Waals surface area contributed by atoms with Gasteiger partial charge in [0, 0.05) is 16.1 Å². The maximum Gasteiger partial charge on any atom is 0.344 e. The summed E-state index contributed by atoms with van der Waals surface area (Å²) in [6.07, 6.45) is 0. The third-order valence-corrected chi connectivity index (χ3v) is 5.36. The molecule has 0 atom stereocenters. The molecule has 0 saturated carbocycles. The van der Waals surface area contributed by atoms with Crippen molar-refractivity contribution in [3.8, 4) is 23.2 Å². The van der Waals surface area contributed by atoms with E-state index in [1.54, 1.807) is 31.2 Å². The highest BCUT2D eigenvalue weighted by molar-refractivity contribution is 6.30. The maximum absolute atomic E-state index is 12.7. The minimum atomic E-state index is -0.645. The fraction of sp³-hybridized carbons (Fsp3) is 0.0741. The van der Waals surface area contributed by atoms with Crippen molar-refractivity contribution >= 4 is 28.9 Å². The van der Waals surface area contributed by atoms with Crippen LogP contribution in [0.25, 0.3) is 11.3 Å². The number of aryl methyl sites for hydroxylation is 1. The first-order valence-corrected chi connectivity index (χ1v) is 10.8. The highest BCUT2D eigenvalue weighted by Crippen LogP contribution is 2.38. The van der Waals surface area contributed by atoms with Gasteiger partial charge >= 0.3 is 5.97 Å². The molecule has 6 nitrogen and oxygen atoms in total. The van der Waals surface area contributed by atoms with Crippen molar-refractivity contribution in [2.75, 3.05) is 0 Å². The Hall–Kier alpha value is -4.34. The van der Waals surface area contributed by atoms with Crippen molar-refractivity contribution in [2.24, 2.45) is 10.2 Å². The second kappa shape index (κ2) is 10.1. The topological polar surface area (TPSA) is 87.7 Å². The Balaban J connectivity index is 1.81. The molecule has 1 heterocycles. The first-order chi connectivity index (χ1) is 16.5. The predicted molar refractivity (Wildman–Crippen MR) is 131 cm³/mol. The lowest BCUT2D eigenvalue weighted by Crippen LogP contribution is -2.11. The SMILES string of the molecule is Cc1ccc(N=Nc2c(-c3ccccc3)nc(OC(=O)c3ccc(Cl)cc3)c(C#N)c2C)cc1. The molecule has 0 spiro atoms. The molecule has 0 aliphatic rings. The molecule has 0 aliphatic heterocycles. The van der Waals surface area contributed by atoms with Crippen molar-refractivity contribution in [2.45, 2.75) is 13.8 Å². The highest BCUT2D eigenvalue weighted by Gasteiger charge is 2.22. The van der Waals surface area contributed by atoms with Crippen LogP contribution in [0.2, 0.25) is 5.02 Å². The summed E-state index contributed by atoms with van der Waals surface area (Å²) >= 11 is 5.91. The zero-order chi connectivity index (χ0) is 24.1. The van der Waals surface area contributed by atoms with E-state index in [0.29, 0.717) is 27.7 Å². The number of aromatic nitrogens is 1. The zero-order valence-electron chi connectivity index (χ0n) is 18.5. The quantitative estimate of drug-likeness (QED) is 0.224. The number of hydrogen-bond donors (Lipinski definition) is 0. The second-order valence-electron chi connectivity index (χ2n) is 7.52. The molecule has 0 fully saturated rings. The first-order valence-electron chi connectivity index (χ1n) is 10.4. The Kier molecular flexibility index (Phi) is 6.77. The van der Waals surface area contributed by atoms with Crippen molar-refractivity contribution in [1.29, 1.82) is 5.26 Å². The third kappa shape index (κ3) is 5.01. The average molecular weight is 467 g/mol. The summed E-state index contributed by atoms with van der Waals surface area (Å²) < 4.78 is 5.55. The van der Waals surface area contributed by atoms with Crippen LogP contribution in [-0.4, -0.2) is 11.0 Å². The lowest BCUT2D eigenvalue weighted by atomic mass is 10.0. The molecule has 4 rings (SSSR count). The van der Waals surface area contributed by atoms with Gasteiger partial charge in [0.2, 0.25) is 5.88 Å². The van der Waals surface area contributed by atoms with Gasteiger partial charge in [-0.3, -0.25) is 0 Å². The van der Waals surface area contributed by atoms with Gasteiger partial charge in [-0.25, -0.2) is 9.78 Å². The second-order valence-corrected chi connectivity index (χ2v) is 7.96. The Labute approximate surface area is 202 Å². The monoisotopic (exact) mass is 466 g/mol. The number of nitriles is 1. The Morgan fingerprint density at radius 2 is 1.62 bits per heavy atom. The van der Waals surface area contributed by atoms with Crippen LogP contribution in [0, 0.1) is 25.2 Å². The lowest BCUT2D eigenvalue weighted by molar-refractivity contribution is 0.0727. The number of hydrogen-bond acceptors (Lipinski definition) is 6. The van der Waals surface area contributed by atoms with Gasteiger partial charge in [0.05, 0.1) is 11.3 Å². The Bertz CT molecular complexity index is 1410. The number of ether oxygens (including phenoxy) is 1. The molecule has 4 aromatic rings. The summed E-state index contributed by atoms with van der Waals surface area (Å²) in [5.41, 5.74) is 4.31. The molecule has 0 radical (unpaired) electrons. The van der Waals surface area contributed by atoms with E-state index < -0.39 is 5.97 Å². The van der Waals surface area contributed by atoms with Crippen LogP contribution in [0.5, 0.6) is 5.88 Å². The van der Waals surface area contributed by atoms with E-state index in [4.69, 9.17) is 16.3 Å². The number of esters is 1. The largest absolute Gasteiger partial charge is 0.402 e. The van der Waals surface area contributed by atoms with Crippen LogP contribution < -0.4 is 4.74 Å². The molecule has 0 amide bonds. The number of rotatable bonds is 5. The van der Waals surface area contributed by atoms with E-state index in [1.165, 1.54) is 0 Å². The fourth-order valence-corrected chi connectivity index (χ4v) is 3.37. The van der Waals surface area contributed by atoms with Gasteiger partial charge in [-0.2, -0.15) is 10.4 Å². The van der Waals surface area contributed by atoms with Crippen LogP contribution in [0.3, 0.4) is 0 Å². The van der Waals surface area contributed by atoms with Crippen LogP contribution >= 0.6 is 11.6 Å². The molecule has 0 saturated heterocycles. The summed E-state index contributed by atoms with van der Waals surface area (Å²) in [4.78, 5) is 17.3. The number of azo groups is 1. The molecule has 0 N–H and O–H groups in total. The van der Waals surface area contributed by atoms with Crippen molar-refractivity contribution in [3.63, 3.8) is 0 Å². The number of nitrogens with zero attached hydrogens (tertiary/aromatic N) is 4. The van der Waals surface area contributed by atoms with E-state index in [9.17, 15) is 10.1 Å². The summed E-state index contributed by atoms with van der Waals surface area (Å²) in [5, 5.41) is 19.1. The van der Waals surface area contributed by atoms with E-state index in [-0.39, 0.29) is 17.0 Å². The van der Waals surface area contributed by atoms with Crippen LogP contribution in [0.1, 0.15) is 27.0 Å². The number of pyridine rings is 1. The molecular weight excluding hydrogens is 448 g/mol. The smallest absolute Gasteiger partial charge is 0.344 e. The molecule has 166 valence electrons. The maximum atomic E-state index is 12.7. The summed E-state index contributed by atoms with van der Waals surface area (Å²) in [6.45, 7) is 3.72. The average Bonchev–Trinajstić information content (AvgIpc) is 2.85. The zero-order valence-corrected chi connectivity index (χ0v) is 19.2. The first kappa shape index (κ1) is 22.8. The van der Waals surface area contributed by atoms with Crippen molar-refractivity contribution < 1.29 is 9.53 Å². The molecule has 0 aliphatic carbocycles. The summed E-state index contributed by atoms with van der Waals surface area (Å²) in [7, 11) is 0. The van der Waals surface area contributed by atoms with E-state index in [1.807, 2.05) is 61.5 Å². The van der Waals surface area contributed by atoms with Gasteiger partial charge in [-0.1, -0.05) is 59.6 Å². The van der Waals surface area contributed by atoms with Crippen molar-refractivity contribution in [1.82, 2.24) is 4.98 Å². The van der Waals surface area contributed by atoms with Gasteiger partial charge in [0.25, 0.3) is 0 Å². The summed E-state index contributed by atoms with van der Waals surface area (Å²) in [6, 6.07) is 25.3. The predicted octanol–water partition coefficient (Wildman–Crippen LogP) is 7.53. The standard InChI is InChI=1S/C27H19ClN4O2/c1-17-8-14-22(15-9-17)31-32-24-18(2)23(16-29)26(30-25(24)19-6-4-3-5-7-19)34-27(33)20-10-12-21(28)13-11-20/h3-15H,1-2H3. The van der Waals surface area contributed by atoms with Gasteiger partial charge in [-0.05, 0) is 50.2 Å². The van der Waals surface area contributed by atoms with Gasteiger partial charge in [0.15, 0.2) is 0 Å².